The number of hydrogen-bond donors (Lipinski definition) is 0. The second-order valence-corrected chi connectivity index (χ2v) is 7.02. The summed E-state index contributed by atoms with van der Waals surface area (Å²) >= 11 is 3.45. The molecule has 0 N–H and O–H groups in total. The van der Waals surface area contributed by atoms with E-state index < -0.39 is 0 Å². The van der Waals surface area contributed by atoms with Gasteiger partial charge in [0.25, 0.3) is 5.91 Å². The summed E-state index contributed by atoms with van der Waals surface area (Å²) in [6.07, 6.45) is 3.46. The van der Waals surface area contributed by atoms with Crippen molar-refractivity contribution in [3.8, 4) is 5.75 Å². The van der Waals surface area contributed by atoms with E-state index in [1.54, 1.807) is 19.2 Å². The number of esters is 1. The number of piperidine rings is 1. The number of likely N-dealkylation sites (tertiary alicyclic amines) is 1. The number of carbonyl (C=O) groups is 2. The number of rotatable bonds is 4. The molecule has 1 aliphatic rings. The van der Waals surface area contributed by atoms with Crippen molar-refractivity contribution in [3.63, 3.8) is 0 Å². The van der Waals surface area contributed by atoms with E-state index in [9.17, 15) is 9.59 Å². The lowest BCUT2D eigenvalue weighted by Crippen LogP contribution is -2.39. The summed E-state index contributed by atoms with van der Waals surface area (Å²) in [7, 11) is 2.96. The molecule has 0 bridgehead atoms. The van der Waals surface area contributed by atoms with Crippen LogP contribution in [0.3, 0.4) is 0 Å². The molecular formula is C19H21BrN2O4. The molecule has 0 spiro atoms. The van der Waals surface area contributed by atoms with Crippen LogP contribution in [0.15, 0.2) is 41.0 Å². The Labute approximate surface area is 160 Å². The second-order valence-electron chi connectivity index (χ2n) is 6.16. The van der Waals surface area contributed by atoms with Crippen LogP contribution < -0.4 is 4.74 Å². The molecule has 0 radical (unpaired) electrons. The maximum atomic E-state index is 12.9. The van der Waals surface area contributed by atoms with Gasteiger partial charge in [0, 0.05) is 29.8 Å². The van der Waals surface area contributed by atoms with E-state index in [2.05, 4.69) is 15.9 Å². The summed E-state index contributed by atoms with van der Waals surface area (Å²) in [4.78, 5) is 26.6. The lowest BCUT2D eigenvalue weighted by atomic mass is 10.0. The minimum atomic E-state index is -0.339. The molecule has 1 aliphatic heterocycles. The van der Waals surface area contributed by atoms with Crippen molar-refractivity contribution < 1.29 is 19.1 Å². The first-order valence-corrected chi connectivity index (χ1v) is 9.22. The number of benzene rings is 1. The maximum Gasteiger partial charge on any atom is 0.354 e. The molecule has 1 aromatic heterocycles. The SMILES string of the molecule is COC(=O)c1cccn1C1CCN(C(=O)c2cc(OC)ccc2Br)CC1. The number of halogens is 1. The van der Waals surface area contributed by atoms with Crippen LogP contribution in [0.25, 0.3) is 0 Å². The molecule has 26 heavy (non-hydrogen) atoms. The van der Waals surface area contributed by atoms with Crippen molar-refractivity contribution in [3.05, 3.63) is 52.3 Å². The first-order chi connectivity index (χ1) is 12.5. The molecule has 6 nitrogen and oxygen atoms in total. The van der Waals surface area contributed by atoms with Crippen molar-refractivity contribution in [2.75, 3.05) is 27.3 Å². The van der Waals surface area contributed by atoms with Gasteiger partial charge in [-0.1, -0.05) is 0 Å². The van der Waals surface area contributed by atoms with Gasteiger partial charge in [0.2, 0.25) is 0 Å². The third kappa shape index (κ3) is 3.62. The molecule has 1 amide bonds. The van der Waals surface area contributed by atoms with Gasteiger partial charge in [-0.2, -0.15) is 0 Å². The van der Waals surface area contributed by atoms with Gasteiger partial charge in [-0.25, -0.2) is 4.79 Å². The fourth-order valence-corrected chi connectivity index (χ4v) is 3.72. The number of carbonyl (C=O) groups excluding carboxylic acids is 2. The molecule has 7 heteroatoms. The molecule has 0 unspecified atom stereocenters. The molecule has 0 atom stereocenters. The van der Waals surface area contributed by atoms with Gasteiger partial charge in [-0.3, -0.25) is 4.79 Å². The predicted molar refractivity (Wildman–Crippen MR) is 101 cm³/mol. The Morgan fingerprint density at radius 3 is 2.54 bits per heavy atom. The average molecular weight is 421 g/mol. The topological polar surface area (TPSA) is 60.8 Å². The highest BCUT2D eigenvalue weighted by Crippen LogP contribution is 2.28. The van der Waals surface area contributed by atoms with E-state index in [4.69, 9.17) is 9.47 Å². The van der Waals surface area contributed by atoms with Crippen molar-refractivity contribution in [2.24, 2.45) is 0 Å². The third-order valence-electron chi connectivity index (χ3n) is 4.72. The van der Waals surface area contributed by atoms with Crippen LogP contribution in [-0.2, 0) is 4.74 Å². The van der Waals surface area contributed by atoms with Crippen LogP contribution in [0.1, 0.15) is 39.7 Å². The third-order valence-corrected chi connectivity index (χ3v) is 5.41. The smallest absolute Gasteiger partial charge is 0.354 e. The van der Waals surface area contributed by atoms with Crippen LogP contribution in [0.4, 0.5) is 0 Å². The highest BCUT2D eigenvalue weighted by atomic mass is 79.9. The summed E-state index contributed by atoms with van der Waals surface area (Å²) in [6, 6.07) is 9.17. The molecule has 1 aromatic carbocycles. The highest BCUT2D eigenvalue weighted by Gasteiger charge is 2.27. The molecular weight excluding hydrogens is 400 g/mol. The minimum absolute atomic E-state index is 0.0186. The lowest BCUT2D eigenvalue weighted by Gasteiger charge is -2.33. The molecule has 1 fully saturated rings. The van der Waals surface area contributed by atoms with E-state index in [0.29, 0.717) is 30.1 Å². The molecule has 0 saturated carbocycles. The fourth-order valence-electron chi connectivity index (χ4n) is 3.30. The standard InChI is InChI=1S/C19H21BrN2O4/c1-25-14-5-6-16(20)15(12-14)18(23)21-10-7-13(8-11-21)22-9-3-4-17(22)19(24)26-2/h3-6,9,12-13H,7-8,10-11H2,1-2H3. The van der Waals surface area contributed by atoms with E-state index in [0.717, 1.165) is 17.3 Å². The normalized spacial score (nSPS) is 15.0. The van der Waals surface area contributed by atoms with Gasteiger partial charge in [0.1, 0.15) is 11.4 Å². The Kier molecular flexibility index (Phi) is 5.66. The van der Waals surface area contributed by atoms with Gasteiger partial charge in [-0.05, 0) is 59.1 Å². The van der Waals surface area contributed by atoms with Gasteiger partial charge >= 0.3 is 5.97 Å². The monoisotopic (exact) mass is 420 g/mol. The van der Waals surface area contributed by atoms with E-state index in [1.165, 1.54) is 7.11 Å². The number of nitrogens with zero attached hydrogens (tertiary/aromatic N) is 2. The van der Waals surface area contributed by atoms with Crippen LogP contribution in [0, 0.1) is 0 Å². The predicted octanol–water partition coefficient (Wildman–Crippen LogP) is 3.52. The van der Waals surface area contributed by atoms with E-state index >= 15 is 0 Å². The summed E-state index contributed by atoms with van der Waals surface area (Å²) in [5, 5.41) is 0. The number of aromatic nitrogens is 1. The fraction of sp³-hybridized carbons (Fsp3) is 0.368. The van der Waals surface area contributed by atoms with Crippen molar-refractivity contribution in [1.82, 2.24) is 9.47 Å². The van der Waals surface area contributed by atoms with Crippen LogP contribution >= 0.6 is 15.9 Å². The summed E-state index contributed by atoms with van der Waals surface area (Å²) in [6.45, 7) is 1.26. The Balaban J connectivity index is 1.70. The first kappa shape index (κ1) is 18.5. The average Bonchev–Trinajstić information content (AvgIpc) is 3.17. The van der Waals surface area contributed by atoms with Crippen LogP contribution in [-0.4, -0.2) is 48.7 Å². The Hall–Kier alpha value is -2.28. The molecule has 2 heterocycles. The Bertz CT molecular complexity index is 810. The van der Waals surface area contributed by atoms with E-state index in [1.807, 2.05) is 33.9 Å². The first-order valence-electron chi connectivity index (χ1n) is 8.43. The van der Waals surface area contributed by atoms with E-state index in [-0.39, 0.29) is 17.9 Å². The highest BCUT2D eigenvalue weighted by molar-refractivity contribution is 9.10. The quantitative estimate of drug-likeness (QED) is 0.709. The number of methoxy groups -OCH3 is 2. The Morgan fingerprint density at radius 2 is 1.88 bits per heavy atom. The minimum Gasteiger partial charge on any atom is -0.497 e. The zero-order chi connectivity index (χ0) is 18.7. The van der Waals surface area contributed by atoms with Gasteiger partial charge in [-0.15, -0.1) is 0 Å². The molecule has 2 aromatic rings. The zero-order valence-corrected chi connectivity index (χ0v) is 16.4. The van der Waals surface area contributed by atoms with Crippen LogP contribution in [0.5, 0.6) is 5.75 Å². The lowest BCUT2D eigenvalue weighted by molar-refractivity contribution is 0.0573. The summed E-state index contributed by atoms with van der Waals surface area (Å²) < 4.78 is 12.8. The number of ether oxygens (including phenoxy) is 2. The van der Waals surface area contributed by atoms with Gasteiger partial charge in [0.05, 0.1) is 19.8 Å². The molecule has 3 rings (SSSR count). The van der Waals surface area contributed by atoms with Crippen molar-refractivity contribution >= 4 is 27.8 Å². The summed E-state index contributed by atoms with van der Waals surface area (Å²) in [5.41, 5.74) is 1.15. The second kappa shape index (κ2) is 7.95. The maximum absolute atomic E-state index is 12.9. The van der Waals surface area contributed by atoms with Gasteiger partial charge < -0.3 is 18.9 Å². The summed E-state index contributed by atoms with van der Waals surface area (Å²) in [5.74, 6) is 0.297. The largest absolute Gasteiger partial charge is 0.497 e. The molecule has 0 aliphatic carbocycles. The van der Waals surface area contributed by atoms with Crippen molar-refractivity contribution in [2.45, 2.75) is 18.9 Å². The number of amides is 1. The number of hydrogen-bond acceptors (Lipinski definition) is 4. The van der Waals surface area contributed by atoms with Crippen molar-refractivity contribution in [1.29, 1.82) is 0 Å². The zero-order valence-electron chi connectivity index (χ0n) is 14.8. The molecule has 138 valence electrons. The van der Waals surface area contributed by atoms with Crippen LogP contribution in [0.2, 0.25) is 0 Å². The molecule has 1 saturated heterocycles. The Morgan fingerprint density at radius 1 is 1.15 bits per heavy atom. The van der Waals surface area contributed by atoms with Gasteiger partial charge in [0.15, 0.2) is 0 Å².